The lowest BCUT2D eigenvalue weighted by Gasteiger charge is -2.21. The third-order valence-electron chi connectivity index (χ3n) is 3.82. The monoisotopic (exact) mass is 292 g/mol. The molecule has 3 heterocycles. The van der Waals surface area contributed by atoms with Crippen molar-refractivity contribution in [1.29, 1.82) is 0 Å². The molecule has 0 radical (unpaired) electrons. The van der Waals surface area contributed by atoms with Gasteiger partial charge in [0, 0.05) is 12.6 Å². The summed E-state index contributed by atoms with van der Waals surface area (Å²) in [6, 6.07) is 2.40. The van der Waals surface area contributed by atoms with Crippen LogP contribution in [0.25, 0.3) is 0 Å². The fourth-order valence-electron chi connectivity index (χ4n) is 2.83. The molecular weight excluding hydrogens is 272 g/mol. The van der Waals surface area contributed by atoms with Crippen molar-refractivity contribution in [2.75, 3.05) is 6.54 Å². The van der Waals surface area contributed by atoms with E-state index in [2.05, 4.69) is 39.6 Å². The van der Waals surface area contributed by atoms with Crippen LogP contribution in [0, 0.1) is 6.92 Å². The highest BCUT2D eigenvalue weighted by atomic mass is 32.1. The molecule has 6 heteroatoms. The molecule has 1 aliphatic rings. The Hall–Kier alpha value is -1.27. The first-order valence-electron chi connectivity index (χ1n) is 7.13. The molecule has 2 aromatic heterocycles. The Balaban J connectivity index is 1.77. The summed E-state index contributed by atoms with van der Waals surface area (Å²) >= 11 is 1.52. The Morgan fingerprint density at radius 1 is 1.50 bits per heavy atom. The van der Waals surface area contributed by atoms with Crippen molar-refractivity contribution < 1.29 is 4.52 Å². The summed E-state index contributed by atoms with van der Waals surface area (Å²) in [4.78, 5) is 3.74. The fraction of sp³-hybridized carbons (Fsp3) is 0.643. The van der Waals surface area contributed by atoms with E-state index in [1.54, 1.807) is 0 Å². The van der Waals surface area contributed by atoms with Crippen LogP contribution < -0.4 is 0 Å². The molecule has 0 N–H and O–H groups in total. The molecule has 0 bridgehead atoms. The molecule has 1 saturated heterocycles. The molecule has 5 nitrogen and oxygen atoms in total. The van der Waals surface area contributed by atoms with Gasteiger partial charge in [-0.15, -0.1) is 5.10 Å². The number of aromatic nitrogens is 3. The molecule has 2 aromatic rings. The molecule has 0 aliphatic carbocycles. The molecule has 1 aliphatic heterocycles. The van der Waals surface area contributed by atoms with E-state index in [0.29, 0.717) is 12.0 Å². The van der Waals surface area contributed by atoms with Gasteiger partial charge >= 0.3 is 0 Å². The van der Waals surface area contributed by atoms with E-state index in [4.69, 9.17) is 4.52 Å². The molecule has 0 spiro atoms. The van der Waals surface area contributed by atoms with E-state index in [9.17, 15) is 0 Å². The first kappa shape index (κ1) is 13.7. The van der Waals surface area contributed by atoms with Crippen molar-refractivity contribution in [1.82, 2.24) is 19.6 Å². The summed E-state index contributed by atoms with van der Waals surface area (Å²) in [6.45, 7) is 8.31. The first-order chi connectivity index (χ1) is 9.65. The van der Waals surface area contributed by atoms with Crippen molar-refractivity contribution in [2.24, 2.45) is 0 Å². The second-order valence-corrected chi connectivity index (χ2v) is 6.57. The Morgan fingerprint density at radius 3 is 3.05 bits per heavy atom. The zero-order valence-electron chi connectivity index (χ0n) is 12.2. The number of likely N-dealkylation sites (tertiary alicyclic amines) is 1. The highest BCUT2D eigenvalue weighted by Crippen LogP contribution is 2.34. The maximum absolute atomic E-state index is 5.46. The van der Waals surface area contributed by atoms with Crippen LogP contribution in [-0.2, 0) is 6.54 Å². The van der Waals surface area contributed by atoms with E-state index in [0.717, 1.165) is 36.7 Å². The largest absolute Gasteiger partial charge is 0.359 e. The third-order valence-corrected chi connectivity index (χ3v) is 4.54. The Kier molecular flexibility index (Phi) is 3.85. The Labute approximate surface area is 123 Å². The second-order valence-electron chi connectivity index (χ2n) is 5.74. The van der Waals surface area contributed by atoms with Crippen molar-refractivity contribution in [3.63, 3.8) is 0 Å². The van der Waals surface area contributed by atoms with Gasteiger partial charge < -0.3 is 4.52 Å². The third kappa shape index (κ3) is 2.62. The maximum Gasteiger partial charge on any atom is 0.154 e. The van der Waals surface area contributed by atoms with Gasteiger partial charge in [-0.3, -0.25) is 4.90 Å². The van der Waals surface area contributed by atoms with Crippen LogP contribution in [0.15, 0.2) is 10.6 Å². The van der Waals surface area contributed by atoms with E-state index in [-0.39, 0.29) is 0 Å². The number of hydrogen-bond acceptors (Lipinski definition) is 6. The van der Waals surface area contributed by atoms with Gasteiger partial charge in [0.25, 0.3) is 0 Å². The van der Waals surface area contributed by atoms with Gasteiger partial charge in [-0.25, -0.2) is 0 Å². The van der Waals surface area contributed by atoms with E-state index in [1.165, 1.54) is 22.8 Å². The van der Waals surface area contributed by atoms with E-state index in [1.807, 2.05) is 6.92 Å². The molecule has 0 aromatic carbocycles. The predicted molar refractivity (Wildman–Crippen MR) is 77.6 cm³/mol. The smallest absolute Gasteiger partial charge is 0.154 e. The maximum atomic E-state index is 5.46. The van der Waals surface area contributed by atoms with Crippen LogP contribution in [0.2, 0.25) is 0 Å². The Morgan fingerprint density at radius 2 is 2.35 bits per heavy atom. The summed E-state index contributed by atoms with van der Waals surface area (Å²) in [6.07, 6.45) is 2.34. The molecule has 20 heavy (non-hydrogen) atoms. The summed E-state index contributed by atoms with van der Waals surface area (Å²) in [5.41, 5.74) is 2.09. The van der Waals surface area contributed by atoms with Crippen LogP contribution in [0.4, 0.5) is 0 Å². The van der Waals surface area contributed by atoms with Gasteiger partial charge in [-0.05, 0) is 43.8 Å². The average Bonchev–Trinajstić information content (AvgIpc) is 3.09. The molecule has 0 amide bonds. The van der Waals surface area contributed by atoms with Gasteiger partial charge in [0.15, 0.2) is 5.76 Å². The number of nitrogens with zero attached hydrogens (tertiary/aromatic N) is 4. The van der Waals surface area contributed by atoms with Gasteiger partial charge in [-0.1, -0.05) is 23.5 Å². The molecule has 1 fully saturated rings. The van der Waals surface area contributed by atoms with Crippen LogP contribution in [0.1, 0.15) is 60.7 Å². The Bertz CT molecular complexity index is 577. The lowest BCUT2D eigenvalue weighted by atomic mass is 10.1. The van der Waals surface area contributed by atoms with Crippen LogP contribution in [0.5, 0.6) is 0 Å². The molecule has 1 atom stereocenters. The summed E-state index contributed by atoms with van der Waals surface area (Å²) in [5.74, 6) is 1.42. The molecule has 0 saturated carbocycles. The van der Waals surface area contributed by atoms with Crippen molar-refractivity contribution in [2.45, 2.75) is 52.1 Å². The highest BCUT2D eigenvalue weighted by Gasteiger charge is 2.30. The summed E-state index contributed by atoms with van der Waals surface area (Å²) in [7, 11) is 0. The predicted octanol–water partition coefficient (Wildman–Crippen LogP) is 3.30. The second kappa shape index (κ2) is 5.61. The average molecular weight is 292 g/mol. The number of aryl methyl sites for hydroxylation is 1. The van der Waals surface area contributed by atoms with Gasteiger partial charge in [-0.2, -0.15) is 0 Å². The minimum Gasteiger partial charge on any atom is -0.359 e. The minimum atomic E-state index is 0.346. The molecule has 1 unspecified atom stereocenters. The van der Waals surface area contributed by atoms with Crippen molar-refractivity contribution in [3.05, 3.63) is 28.1 Å². The molecule has 3 rings (SSSR count). The zero-order valence-corrected chi connectivity index (χ0v) is 13.0. The molecular formula is C14H20N4OS. The lowest BCUT2D eigenvalue weighted by Crippen LogP contribution is -2.22. The quantitative estimate of drug-likeness (QED) is 0.865. The van der Waals surface area contributed by atoms with Crippen molar-refractivity contribution in [3.8, 4) is 0 Å². The summed E-state index contributed by atoms with van der Waals surface area (Å²) < 4.78 is 9.57. The zero-order chi connectivity index (χ0) is 14.1. The fourth-order valence-corrected chi connectivity index (χ4v) is 3.65. The van der Waals surface area contributed by atoms with Crippen LogP contribution in [-0.4, -0.2) is 26.2 Å². The highest BCUT2D eigenvalue weighted by molar-refractivity contribution is 7.05. The minimum absolute atomic E-state index is 0.346. The van der Waals surface area contributed by atoms with Crippen LogP contribution >= 0.6 is 11.5 Å². The topological polar surface area (TPSA) is 55.1 Å². The SMILES string of the molecule is Cc1cc(C2CCCN2Cc2snnc2C(C)C)on1. The number of rotatable bonds is 4. The van der Waals surface area contributed by atoms with E-state index >= 15 is 0 Å². The lowest BCUT2D eigenvalue weighted by molar-refractivity contribution is 0.207. The normalized spacial score (nSPS) is 20.1. The van der Waals surface area contributed by atoms with Crippen molar-refractivity contribution >= 4 is 11.5 Å². The van der Waals surface area contributed by atoms with Gasteiger partial charge in [0.2, 0.25) is 0 Å². The summed E-state index contributed by atoms with van der Waals surface area (Å²) in [5, 5.41) is 8.28. The first-order valence-corrected chi connectivity index (χ1v) is 7.91. The van der Waals surface area contributed by atoms with Gasteiger partial charge in [0.1, 0.15) is 0 Å². The standard InChI is InChI=1S/C14H20N4OS/c1-9(2)14-13(20-17-15-14)8-18-6-4-5-11(18)12-7-10(3)16-19-12/h7,9,11H,4-6,8H2,1-3H3. The molecule has 108 valence electrons. The van der Waals surface area contributed by atoms with Gasteiger partial charge in [0.05, 0.1) is 22.3 Å². The van der Waals surface area contributed by atoms with E-state index < -0.39 is 0 Å². The van der Waals surface area contributed by atoms with Crippen LogP contribution in [0.3, 0.4) is 0 Å². The number of hydrogen-bond donors (Lipinski definition) is 0.